The van der Waals surface area contributed by atoms with Crippen LogP contribution in [0.2, 0.25) is 0 Å². The van der Waals surface area contributed by atoms with Gasteiger partial charge in [0.15, 0.2) is 17.4 Å². The highest BCUT2D eigenvalue weighted by Gasteiger charge is 2.22. The molecule has 0 saturated heterocycles. The van der Waals surface area contributed by atoms with Crippen LogP contribution in [0.25, 0.3) is 0 Å². The van der Waals surface area contributed by atoms with Crippen molar-refractivity contribution in [1.29, 1.82) is 0 Å². The predicted molar refractivity (Wildman–Crippen MR) is 74.0 cm³/mol. The van der Waals surface area contributed by atoms with Gasteiger partial charge < -0.3 is 9.15 Å². The summed E-state index contributed by atoms with van der Waals surface area (Å²) in [6.07, 6.45) is 2.12. The fourth-order valence-electron chi connectivity index (χ4n) is 2.51. The molecule has 1 aromatic carbocycles. The molecule has 0 fully saturated rings. The van der Waals surface area contributed by atoms with Crippen molar-refractivity contribution in [3.05, 3.63) is 46.7 Å². The lowest BCUT2D eigenvalue weighted by Gasteiger charge is -2.09. The van der Waals surface area contributed by atoms with Gasteiger partial charge in [-0.2, -0.15) is 0 Å². The zero-order valence-corrected chi connectivity index (χ0v) is 11.7. The van der Waals surface area contributed by atoms with Crippen molar-refractivity contribution in [1.82, 2.24) is 4.98 Å². The zero-order valence-electron chi connectivity index (χ0n) is 11.7. The van der Waals surface area contributed by atoms with Crippen molar-refractivity contribution in [3.63, 3.8) is 0 Å². The molecule has 4 heteroatoms. The molecule has 1 aliphatic carbocycles. The number of fused-ring (bicyclic) bond motifs is 1. The minimum absolute atomic E-state index is 0.203. The van der Waals surface area contributed by atoms with Crippen LogP contribution in [0.5, 0.6) is 5.75 Å². The number of hydrogen-bond donors (Lipinski definition) is 0. The van der Waals surface area contributed by atoms with Crippen molar-refractivity contribution in [3.8, 4) is 5.75 Å². The molecule has 0 aliphatic heterocycles. The van der Waals surface area contributed by atoms with Crippen LogP contribution in [0.4, 0.5) is 0 Å². The summed E-state index contributed by atoms with van der Waals surface area (Å²) in [6.45, 7) is 4.27. The van der Waals surface area contributed by atoms with Gasteiger partial charge in [-0.15, -0.1) is 0 Å². The summed E-state index contributed by atoms with van der Waals surface area (Å²) in [5.41, 5.74) is 2.68. The van der Waals surface area contributed by atoms with Crippen LogP contribution < -0.4 is 4.74 Å². The SMILES string of the molecule is CCc1nc(C)c(COc2cccc3c2CCC3=O)o1. The Morgan fingerprint density at radius 2 is 2.20 bits per heavy atom. The first-order chi connectivity index (χ1) is 9.69. The number of nitrogens with zero attached hydrogens (tertiary/aromatic N) is 1. The average Bonchev–Trinajstić information content (AvgIpc) is 3.01. The Hall–Kier alpha value is -2.10. The lowest BCUT2D eigenvalue weighted by atomic mass is 10.1. The lowest BCUT2D eigenvalue weighted by Crippen LogP contribution is -1.99. The second kappa shape index (κ2) is 5.12. The van der Waals surface area contributed by atoms with Gasteiger partial charge in [0.2, 0.25) is 0 Å². The van der Waals surface area contributed by atoms with Gasteiger partial charge in [-0.25, -0.2) is 4.98 Å². The first kappa shape index (κ1) is 12.9. The summed E-state index contributed by atoms with van der Waals surface area (Å²) in [7, 11) is 0. The van der Waals surface area contributed by atoms with E-state index in [0.717, 1.165) is 47.1 Å². The number of hydrogen-bond acceptors (Lipinski definition) is 4. The molecule has 2 aromatic rings. The van der Waals surface area contributed by atoms with E-state index in [1.54, 1.807) is 0 Å². The highest BCUT2D eigenvalue weighted by molar-refractivity contribution is 6.01. The summed E-state index contributed by atoms with van der Waals surface area (Å²) in [5, 5.41) is 0. The van der Waals surface area contributed by atoms with Crippen LogP contribution in [0.1, 0.15) is 46.6 Å². The third kappa shape index (κ3) is 2.22. The van der Waals surface area contributed by atoms with Gasteiger partial charge in [0, 0.05) is 24.0 Å². The van der Waals surface area contributed by atoms with Gasteiger partial charge in [0.25, 0.3) is 0 Å². The maximum Gasteiger partial charge on any atom is 0.194 e. The van der Waals surface area contributed by atoms with E-state index in [1.165, 1.54) is 0 Å². The van der Waals surface area contributed by atoms with Gasteiger partial charge in [-0.3, -0.25) is 4.79 Å². The van der Waals surface area contributed by atoms with Crippen molar-refractivity contribution in [2.75, 3.05) is 0 Å². The normalized spacial score (nSPS) is 13.6. The number of carbonyl (C=O) groups excluding carboxylic acids is 1. The minimum atomic E-state index is 0.203. The molecule has 20 heavy (non-hydrogen) atoms. The fourth-order valence-corrected chi connectivity index (χ4v) is 2.51. The first-order valence-electron chi connectivity index (χ1n) is 6.92. The molecule has 0 unspecified atom stereocenters. The molecular formula is C16H17NO3. The highest BCUT2D eigenvalue weighted by atomic mass is 16.5. The van der Waals surface area contributed by atoms with Crippen molar-refractivity contribution in [2.24, 2.45) is 0 Å². The first-order valence-corrected chi connectivity index (χ1v) is 6.92. The number of oxazole rings is 1. The van der Waals surface area contributed by atoms with Gasteiger partial charge in [-0.1, -0.05) is 19.1 Å². The predicted octanol–water partition coefficient (Wildman–Crippen LogP) is 3.25. The molecule has 1 aromatic heterocycles. The average molecular weight is 271 g/mol. The monoisotopic (exact) mass is 271 g/mol. The van der Waals surface area contributed by atoms with Crippen LogP contribution >= 0.6 is 0 Å². The Bertz CT molecular complexity index is 658. The molecule has 0 saturated carbocycles. The highest BCUT2D eigenvalue weighted by Crippen LogP contribution is 2.31. The molecule has 0 radical (unpaired) electrons. The Labute approximate surface area is 117 Å². The van der Waals surface area contributed by atoms with E-state index in [2.05, 4.69) is 4.98 Å². The minimum Gasteiger partial charge on any atom is -0.485 e. The molecule has 0 spiro atoms. The third-order valence-corrected chi connectivity index (χ3v) is 3.63. The van der Waals surface area contributed by atoms with Crippen LogP contribution in [0.3, 0.4) is 0 Å². The maximum atomic E-state index is 11.7. The number of aromatic nitrogens is 1. The summed E-state index contributed by atoms with van der Waals surface area (Å²) in [5.74, 6) is 2.47. The van der Waals surface area contributed by atoms with Crippen molar-refractivity contribution >= 4 is 5.78 Å². The van der Waals surface area contributed by atoms with E-state index >= 15 is 0 Å². The van der Waals surface area contributed by atoms with Gasteiger partial charge in [0.1, 0.15) is 12.4 Å². The van der Waals surface area contributed by atoms with Crippen LogP contribution in [0, 0.1) is 6.92 Å². The van der Waals surface area contributed by atoms with E-state index in [9.17, 15) is 4.79 Å². The molecule has 1 heterocycles. The van der Waals surface area contributed by atoms with E-state index in [4.69, 9.17) is 9.15 Å². The lowest BCUT2D eigenvalue weighted by molar-refractivity contribution is 0.0994. The zero-order chi connectivity index (χ0) is 14.1. The molecule has 104 valence electrons. The number of rotatable bonds is 4. The van der Waals surface area contributed by atoms with Gasteiger partial charge in [-0.05, 0) is 19.4 Å². The topological polar surface area (TPSA) is 52.3 Å². The van der Waals surface area contributed by atoms with Crippen LogP contribution in [-0.2, 0) is 19.4 Å². The molecule has 0 amide bonds. The number of benzene rings is 1. The quantitative estimate of drug-likeness (QED) is 0.856. The maximum absolute atomic E-state index is 11.7. The second-order valence-electron chi connectivity index (χ2n) is 4.96. The number of ketones is 1. The standard InChI is InChI=1S/C16H17NO3/c1-3-16-17-10(2)15(20-16)9-19-14-6-4-5-11-12(14)7-8-13(11)18/h4-6H,3,7-9H2,1-2H3. The van der Waals surface area contributed by atoms with E-state index in [-0.39, 0.29) is 5.78 Å². The summed E-state index contributed by atoms with van der Waals surface area (Å²) >= 11 is 0. The van der Waals surface area contributed by atoms with Crippen LogP contribution in [-0.4, -0.2) is 10.8 Å². The van der Waals surface area contributed by atoms with Crippen molar-refractivity contribution in [2.45, 2.75) is 39.7 Å². The Balaban J connectivity index is 1.79. The summed E-state index contributed by atoms with van der Waals surface area (Å²) in [4.78, 5) is 16.0. The molecular weight excluding hydrogens is 254 g/mol. The van der Waals surface area contributed by atoms with Gasteiger partial charge in [0.05, 0.1) is 5.69 Å². The van der Waals surface area contributed by atoms with E-state index in [0.29, 0.717) is 13.0 Å². The molecule has 0 atom stereocenters. The molecule has 3 rings (SSSR count). The third-order valence-electron chi connectivity index (χ3n) is 3.63. The van der Waals surface area contributed by atoms with Crippen molar-refractivity contribution < 1.29 is 13.9 Å². The summed E-state index contributed by atoms with van der Waals surface area (Å²) < 4.78 is 11.5. The second-order valence-corrected chi connectivity index (χ2v) is 4.96. The molecule has 1 aliphatic rings. The molecule has 0 N–H and O–H groups in total. The largest absolute Gasteiger partial charge is 0.485 e. The van der Waals surface area contributed by atoms with Gasteiger partial charge >= 0.3 is 0 Å². The smallest absolute Gasteiger partial charge is 0.194 e. The molecule has 4 nitrogen and oxygen atoms in total. The molecule has 0 bridgehead atoms. The van der Waals surface area contributed by atoms with Crippen LogP contribution in [0.15, 0.2) is 22.6 Å². The Morgan fingerprint density at radius 1 is 1.35 bits per heavy atom. The Kier molecular flexibility index (Phi) is 3.30. The number of ether oxygens (including phenoxy) is 1. The number of Topliss-reactive ketones (excluding diaryl/α,β-unsaturated/α-hetero) is 1. The van der Waals surface area contributed by atoms with E-state index < -0.39 is 0 Å². The number of aryl methyl sites for hydroxylation is 2. The van der Waals surface area contributed by atoms with E-state index in [1.807, 2.05) is 32.0 Å². The summed E-state index contributed by atoms with van der Waals surface area (Å²) in [6, 6.07) is 5.64. The Morgan fingerprint density at radius 3 is 2.95 bits per heavy atom. The fraction of sp³-hybridized carbons (Fsp3) is 0.375. The number of carbonyl (C=O) groups is 1.